The molecule has 2 aromatic rings. The molecule has 6 nitrogen and oxygen atoms in total. The van der Waals surface area contributed by atoms with Crippen molar-refractivity contribution in [2.24, 2.45) is 0 Å². The Morgan fingerprint density at radius 2 is 1.74 bits per heavy atom. The topological polar surface area (TPSA) is 84.2 Å². The van der Waals surface area contributed by atoms with Gasteiger partial charge in [-0.15, -0.1) is 0 Å². The van der Waals surface area contributed by atoms with Crippen LogP contribution in [0.4, 0.5) is 13.2 Å². The van der Waals surface area contributed by atoms with Crippen molar-refractivity contribution in [2.75, 3.05) is 13.2 Å². The van der Waals surface area contributed by atoms with Gasteiger partial charge in [0.1, 0.15) is 18.9 Å². The molecule has 122 valence electrons. The van der Waals surface area contributed by atoms with Crippen molar-refractivity contribution in [3.8, 4) is 11.5 Å². The third-order valence-electron chi connectivity index (χ3n) is 3.31. The van der Waals surface area contributed by atoms with E-state index in [1.54, 1.807) is 11.1 Å². The maximum absolute atomic E-state index is 13.0. The van der Waals surface area contributed by atoms with Crippen LogP contribution in [0.2, 0.25) is 0 Å². The van der Waals surface area contributed by atoms with Crippen molar-refractivity contribution in [3.05, 3.63) is 55.9 Å². The van der Waals surface area contributed by atoms with Gasteiger partial charge in [0, 0.05) is 6.42 Å². The second-order valence-corrected chi connectivity index (χ2v) is 4.91. The number of fused-ring (bicyclic) bond motifs is 1. The fraction of sp³-hybridized carbons (Fsp3) is 0.286. The maximum Gasteiger partial charge on any atom is 0.431 e. The summed E-state index contributed by atoms with van der Waals surface area (Å²) in [4.78, 5) is 26.3. The van der Waals surface area contributed by atoms with Gasteiger partial charge in [0.2, 0.25) is 0 Å². The minimum absolute atomic E-state index is 0.308. The van der Waals surface area contributed by atoms with Gasteiger partial charge in [-0.1, -0.05) is 6.07 Å². The van der Waals surface area contributed by atoms with Crippen LogP contribution in [0.3, 0.4) is 0 Å². The molecule has 0 radical (unpaired) electrons. The van der Waals surface area contributed by atoms with Crippen LogP contribution in [0.15, 0.2) is 27.8 Å². The third kappa shape index (κ3) is 3.08. The summed E-state index contributed by atoms with van der Waals surface area (Å²) in [5.41, 5.74) is -3.75. The minimum atomic E-state index is -4.84. The molecule has 9 heteroatoms. The van der Waals surface area contributed by atoms with Gasteiger partial charge in [0.25, 0.3) is 5.56 Å². The Hall–Kier alpha value is -2.71. The van der Waals surface area contributed by atoms with Gasteiger partial charge in [0.15, 0.2) is 11.5 Å². The summed E-state index contributed by atoms with van der Waals surface area (Å²) >= 11 is 0. The number of alkyl halides is 3. The molecule has 0 saturated heterocycles. The van der Waals surface area contributed by atoms with Gasteiger partial charge in [-0.2, -0.15) is 13.2 Å². The van der Waals surface area contributed by atoms with E-state index in [0.717, 1.165) is 0 Å². The van der Waals surface area contributed by atoms with E-state index in [4.69, 9.17) is 9.47 Å². The first-order chi connectivity index (χ1) is 10.8. The van der Waals surface area contributed by atoms with Crippen molar-refractivity contribution < 1.29 is 22.6 Å². The Morgan fingerprint density at radius 3 is 2.43 bits per heavy atom. The molecule has 2 heterocycles. The van der Waals surface area contributed by atoms with Gasteiger partial charge in [0.05, 0.1) is 5.56 Å². The molecule has 0 fully saturated rings. The van der Waals surface area contributed by atoms with Crippen LogP contribution in [0.5, 0.6) is 11.5 Å². The Kier molecular flexibility index (Phi) is 3.63. The smallest absolute Gasteiger partial charge is 0.431 e. The van der Waals surface area contributed by atoms with Crippen molar-refractivity contribution in [1.29, 1.82) is 0 Å². The molecule has 1 aliphatic rings. The normalized spacial score (nSPS) is 13.9. The second kappa shape index (κ2) is 5.49. The Balaban J connectivity index is 2.03. The SMILES string of the molecule is O=c1[nH]c(C(F)(F)F)c(Cc2ccc3c(c2)OCCO3)c(=O)[nH]1. The zero-order valence-electron chi connectivity index (χ0n) is 11.6. The van der Waals surface area contributed by atoms with Gasteiger partial charge in [-0.3, -0.25) is 9.78 Å². The van der Waals surface area contributed by atoms with E-state index >= 15 is 0 Å². The number of benzene rings is 1. The number of aromatic nitrogens is 2. The minimum Gasteiger partial charge on any atom is -0.486 e. The van der Waals surface area contributed by atoms with E-state index in [-0.39, 0.29) is 6.42 Å². The summed E-state index contributed by atoms with van der Waals surface area (Å²) in [6, 6.07) is 4.62. The maximum atomic E-state index is 13.0. The van der Waals surface area contributed by atoms with Gasteiger partial charge in [-0.05, 0) is 17.7 Å². The van der Waals surface area contributed by atoms with Crippen molar-refractivity contribution in [3.63, 3.8) is 0 Å². The average molecular weight is 328 g/mol. The summed E-state index contributed by atoms with van der Waals surface area (Å²) < 4.78 is 49.7. The molecular weight excluding hydrogens is 317 g/mol. The Bertz CT molecular complexity index is 854. The van der Waals surface area contributed by atoms with Crippen molar-refractivity contribution in [1.82, 2.24) is 9.97 Å². The monoisotopic (exact) mass is 328 g/mol. The van der Waals surface area contributed by atoms with E-state index in [2.05, 4.69) is 0 Å². The van der Waals surface area contributed by atoms with Crippen LogP contribution in [0, 0.1) is 0 Å². The van der Waals surface area contributed by atoms with Crippen LogP contribution in [0.1, 0.15) is 16.8 Å². The molecule has 1 aliphatic heterocycles. The van der Waals surface area contributed by atoms with E-state index in [0.29, 0.717) is 30.3 Å². The van der Waals surface area contributed by atoms with Gasteiger partial charge >= 0.3 is 11.9 Å². The molecule has 1 aromatic carbocycles. The third-order valence-corrected chi connectivity index (χ3v) is 3.31. The number of nitrogens with one attached hydrogen (secondary N) is 2. The first kappa shape index (κ1) is 15.2. The number of aromatic amines is 2. The number of hydrogen-bond donors (Lipinski definition) is 2. The lowest BCUT2D eigenvalue weighted by Crippen LogP contribution is -2.31. The van der Waals surface area contributed by atoms with E-state index in [1.165, 1.54) is 12.1 Å². The number of rotatable bonds is 2. The highest BCUT2D eigenvalue weighted by molar-refractivity contribution is 5.45. The number of hydrogen-bond acceptors (Lipinski definition) is 4. The van der Waals surface area contributed by atoms with Crippen molar-refractivity contribution >= 4 is 0 Å². The molecule has 2 N–H and O–H groups in total. The largest absolute Gasteiger partial charge is 0.486 e. The number of ether oxygens (including phenoxy) is 2. The highest BCUT2D eigenvalue weighted by atomic mass is 19.4. The number of H-pyrrole nitrogens is 2. The van der Waals surface area contributed by atoms with Gasteiger partial charge < -0.3 is 14.5 Å². The summed E-state index contributed by atoms with van der Waals surface area (Å²) in [6.45, 7) is 0.730. The molecule has 0 unspecified atom stereocenters. The number of halogens is 3. The Labute approximate surface area is 126 Å². The van der Waals surface area contributed by atoms with E-state index in [1.807, 2.05) is 4.98 Å². The fourth-order valence-electron chi connectivity index (χ4n) is 2.32. The molecule has 0 amide bonds. The van der Waals surface area contributed by atoms with Crippen LogP contribution >= 0.6 is 0 Å². The molecule has 0 spiro atoms. The first-order valence-electron chi connectivity index (χ1n) is 6.66. The molecule has 0 saturated carbocycles. The zero-order chi connectivity index (χ0) is 16.6. The summed E-state index contributed by atoms with van der Waals surface area (Å²) in [7, 11) is 0. The Morgan fingerprint density at radius 1 is 1.04 bits per heavy atom. The van der Waals surface area contributed by atoms with Crippen LogP contribution in [-0.4, -0.2) is 23.2 Å². The lowest BCUT2D eigenvalue weighted by atomic mass is 10.0. The quantitative estimate of drug-likeness (QED) is 0.874. The van der Waals surface area contributed by atoms with Crippen LogP contribution in [-0.2, 0) is 12.6 Å². The molecule has 1 aromatic heterocycles. The molecule has 0 aliphatic carbocycles. The molecular formula is C14H11F3N2O4. The fourth-order valence-corrected chi connectivity index (χ4v) is 2.32. The van der Waals surface area contributed by atoms with Gasteiger partial charge in [-0.25, -0.2) is 4.79 Å². The molecule has 3 rings (SSSR count). The van der Waals surface area contributed by atoms with E-state index in [9.17, 15) is 22.8 Å². The second-order valence-electron chi connectivity index (χ2n) is 4.91. The highest BCUT2D eigenvalue weighted by Crippen LogP contribution is 2.33. The standard InChI is InChI=1S/C14H11F3N2O4/c15-14(16,17)11-8(12(20)19-13(21)18-11)5-7-1-2-9-10(6-7)23-4-3-22-9/h1-2,6H,3-5H2,(H2,18,19,20,21). The predicted molar refractivity (Wildman–Crippen MR) is 72.9 cm³/mol. The lowest BCUT2D eigenvalue weighted by molar-refractivity contribution is -0.142. The summed E-state index contributed by atoms with van der Waals surface area (Å²) in [5.74, 6) is 0.898. The molecule has 0 atom stereocenters. The van der Waals surface area contributed by atoms with Crippen molar-refractivity contribution in [2.45, 2.75) is 12.6 Å². The summed E-state index contributed by atoms with van der Waals surface area (Å²) in [5, 5.41) is 0. The van der Waals surface area contributed by atoms with Crippen LogP contribution < -0.4 is 20.7 Å². The molecule has 0 bridgehead atoms. The predicted octanol–water partition coefficient (Wildman–Crippen LogP) is 1.44. The lowest BCUT2D eigenvalue weighted by Gasteiger charge is -2.19. The summed E-state index contributed by atoms with van der Waals surface area (Å²) in [6.07, 6.45) is -5.14. The zero-order valence-corrected chi connectivity index (χ0v) is 11.6. The highest BCUT2D eigenvalue weighted by Gasteiger charge is 2.36. The van der Waals surface area contributed by atoms with Crippen LogP contribution in [0.25, 0.3) is 0 Å². The molecule has 23 heavy (non-hydrogen) atoms. The van der Waals surface area contributed by atoms with E-state index < -0.39 is 28.7 Å². The average Bonchev–Trinajstić information content (AvgIpc) is 2.48. The first-order valence-corrected chi connectivity index (χ1v) is 6.66.